The average Bonchev–Trinajstić information content (AvgIpc) is 3.28. The summed E-state index contributed by atoms with van der Waals surface area (Å²) in [6.45, 7) is 2.35. The minimum absolute atomic E-state index is 0.0217. The first-order valence-electron chi connectivity index (χ1n) is 10.4. The highest BCUT2D eigenvalue weighted by atomic mass is 32.2. The first-order valence-corrected chi connectivity index (χ1v) is 11.9. The predicted molar refractivity (Wildman–Crippen MR) is 123 cm³/mol. The van der Waals surface area contributed by atoms with Gasteiger partial charge in [-0.3, -0.25) is 4.90 Å². The summed E-state index contributed by atoms with van der Waals surface area (Å²) in [5.41, 5.74) is 2.28. The molecule has 0 spiro atoms. The highest BCUT2D eigenvalue weighted by Gasteiger charge is 2.26. The van der Waals surface area contributed by atoms with Crippen molar-refractivity contribution in [3.05, 3.63) is 72.3 Å². The highest BCUT2D eigenvalue weighted by Crippen LogP contribution is 2.28. The van der Waals surface area contributed by atoms with Crippen molar-refractivity contribution in [3.63, 3.8) is 0 Å². The first kappa shape index (κ1) is 20.8. The molecule has 5 nitrogen and oxygen atoms in total. The van der Waals surface area contributed by atoms with Crippen molar-refractivity contribution in [2.45, 2.75) is 23.8 Å². The van der Waals surface area contributed by atoms with E-state index in [0.717, 1.165) is 48.0 Å². The van der Waals surface area contributed by atoms with E-state index in [0.29, 0.717) is 11.4 Å². The zero-order chi connectivity index (χ0) is 21.1. The highest BCUT2D eigenvalue weighted by molar-refractivity contribution is 7.89. The van der Waals surface area contributed by atoms with Crippen LogP contribution in [-0.2, 0) is 10.0 Å². The number of benzene rings is 3. The average molecular weight is 424 g/mol. The minimum atomic E-state index is -3.63. The van der Waals surface area contributed by atoms with Gasteiger partial charge in [-0.05, 0) is 55.1 Å². The van der Waals surface area contributed by atoms with Crippen LogP contribution < -0.4 is 9.62 Å². The zero-order valence-corrected chi connectivity index (χ0v) is 18.4. The molecule has 1 N–H and O–H groups in total. The third-order valence-electron chi connectivity index (χ3n) is 5.88. The normalized spacial score (nSPS) is 16.1. The Morgan fingerprint density at radius 2 is 1.60 bits per heavy atom. The number of nitrogens with zero attached hydrogens (tertiary/aromatic N) is 2. The lowest BCUT2D eigenvalue weighted by Gasteiger charge is -2.28. The second kappa shape index (κ2) is 8.76. The van der Waals surface area contributed by atoms with Crippen LogP contribution in [0.15, 0.2) is 71.6 Å². The molecule has 3 aromatic carbocycles. The molecule has 0 aromatic heterocycles. The van der Waals surface area contributed by atoms with Crippen LogP contribution in [0.2, 0.25) is 0 Å². The lowest BCUT2D eigenvalue weighted by atomic mass is 10.1. The smallest absolute Gasteiger partial charge is 0.241 e. The Hall–Kier alpha value is -2.41. The van der Waals surface area contributed by atoms with Crippen molar-refractivity contribution in [1.29, 1.82) is 0 Å². The molecule has 0 saturated carbocycles. The molecule has 6 heteroatoms. The summed E-state index contributed by atoms with van der Waals surface area (Å²) in [4.78, 5) is 4.79. The quantitative estimate of drug-likeness (QED) is 0.624. The van der Waals surface area contributed by atoms with Gasteiger partial charge >= 0.3 is 0 Å². The van der Waals surface area contributed by atoms with E-state index in [1.54, 1.807) is 12.1 Å². The van der Waals surface area contributed by atoms with Crippen LogP contribution in [0.4, 0.5) is 5.69 Å². The van der Waals surface area contributed by atoms with Crippen molar-refractivity contribution in [3.8, 4) is 0 Å². The van der Waals surface area contributed by atoms with E-state index < -0.39 is 10.0 Å². The number of nitrogens with one attached hydrogen (secondary N) is 1. The molecule has 1 aliphatic heterocycles. The maximum atomic E-state index is 13.2. The Kier molecular flexibility index (Phi) is 6.09. The SMILES string of the molecule is CN(C)c1ccc([C@H](CNS(=O)(=O)c2cccc3ccccc23)N2CCCC2)cc1. The van der Waals surface area contributed by atoms with E-state index >= 15 is 0 Å². The van der Waals surface area contributed by atoms with Crippen molar-refractivity contribution >= 4 is 26.5 Å². The van der Waals surface area contributed by atoms with Gasteiger partial charge in [-0.15, -0.1) is 0 Å². The van der Waals surface area contributed by atoms with Gasteiger partial charge in [-0.1, -0.05) is 48.5 Å². The van der Waals surface area contributed by atoms with E-state index in [1.165, 1.54) is 0 Å². The molecule has 158 valence electrons. The van der Waals surface area contributed by atoms with Crippen LogP contribution in [0.25, 0.3) is 10.8 Å². The number of fused-ring (bicyclic) bond motifs is 1. The molecule has 0 aliphatic carbocycles. The fourth-order valence-corrected chi connectivity index (χ4v) is 5.47. The largest absolute Gasteiger partial charge is 0.378 e. The molecular formula is C24H29N3O2S. The fourth-order valence-electron chi connectivity index (χ4n) is 4.20. The van der Waals surface area contributed by atoms with E-state index in [4.69, 9.17) is 0 Å². The molecule has 1 aliphatic rings. The van der Waals surface area contributed by atoms with Crippen LogP contribution in [0, 0.1) is 0 Å². The van der Waals surface area contributed by atoms with Gasteiger partial charge < -0.3 is 4.90 Å². The third-order valence-corrected chi connectivity index (χ3v) is 7.36. The fraction of sp³-hybridized carbons (Fsp3) is 0.333. The Morgan fingerprint density at radius 3 is 2.30 bits per heavy atom. The summed E-state index contributed by atoms with van der Waals surface area (Å²) in [5.74, 6) is 0. The van der Waals surface area contributed by atoms with Crippen LogP contribution >= 0.6 is 0 Å². The Labute approximate surface area is 179 Å². The maximum absolute atomic E-state index is 13.2. The predicted octanol–water partition coefficient (Wildman–Crippen LogP) is 4.02. The van der Waals surface area contributed by atoms with Crippen LogP contribution in [0.1, 0.15) is 24.4 Å². The van der Waals surface area contributed by atoms with Crippen LogP contribution in [-0.4, -0.2) is 47.0 Å². The summed E-state index contributed by atoms with van der Waals surface area (Å²) >= 11 is 0. The Balaban J connectivity index is 1.60. The van der Waals surface area contributed by atoms with Gasteiger partial charge in [0.15, 0.2) is 0 Å². The van der Waals surface area contributed by atoms with Gasteiger partial charge in [0.1, 0.15) is 0 Å². The number of hydrogen-bond acceptors (Lipinski definition) is 4. The molecule has 1 heterocycles. The summed E-state index contributed by atoms with van der Waals surface area (Å²) in [6.07, 6.45) is 2.31. The number of anilines is 1. The van der Waals surface area contributed by atoms with Gasteiger partial charge in [0, 0.05) is 37.8 Å². The molecule has 1 saturated heterocycles. The first-order chi connectivity index (χ1) is 14.5. The Morgan fingerprint density at radius 1 is 0.933 bits per heavy atom. The van der Waals surface area contributed by atoms with Gasteiger partial charge in [-0.2, -0.15) is 0 Å². The van der Waals surface area contributed by atoms with Crippen molar-refractivity contribution in [2.75, 3.05) is 38.6 Å². The molecule has 0 amide bonds. The number of rotatable bonds is 7. The summed E-state index contributed by atoms with van der Waals surface area (Å²) in [5, 5.41) is 1.68. The second-order valence-corrected chi connectivity index (χ2v) is 9.81. The molecule has 4 rings (SSSR count). The summed E-state index contributed by atoms with van der Waals surface area (Å²) in [7, 11) is 0.412. The van der Waals surface area contributed by atoms with Gasteiger partial charge in [0.2, 0.25) is 10.0 Å². The molecule has 3 aromatic rings. The number of likely N-dealkylation sites (tertiary alicyclic amines) is 1. The lowest BCUT2D eigenvalue weighted by molar-refractivity contribution is 0.246. The van der Waals surface area contributed by atoms with E-state index in [2.05, 4.69) is 38.8 Å². The topological polar surface area (TPSA) is 52.7 Å². The number of hydrogen-bond donors (Lipinski definition) is 1. The van der Waals surface area contributed by atoms with E-state index in [1.807, 2.05) is 44.4 Å². The van der Waals surface area contributed by atoms with Crippen LogP contribution in [0.3, 0.4) is 0 Å². The standard InChI is InChI=1S/C24H29N3O2S/c1-26(2)21-14-12-20(13-15-21)23(27-16-5-6-17-27)18-25-30(28,29)24-11-7-9-19-8-3-4-10-22(19)24/h3-4,7-15,23,25H,5-6,16-18H2,1-2H3/t23-/m0/s1. The molecular weight excluding hydrogens is 394 g/mol. The van der Waals surface area contributed by atoms with E-state index in [-0.39, 0.29) is 6.04 Å². The second-order valence-electron chi connectivity index (χ2n) is 8.07. The van der Waals surface area contributed by atoms with Crippen molar-refractivity contribution in [1.82, 2.24) is 9.62 Å². The minimum Gasteiger partial charge on any atom is -0.378 e. The molecule has 1 atom stereocenters. The summed E-state index contributed by atoms with van der Waals surface area (Å²) in [6, 6.07) is 21.5. The number of sulfonamides is 1. The van der Waals surface area contributed by atoms with E-state index in [9.17, 15) is 8.42 Å². The molecule has 0 radical (unpaired) electrons. The van der Waals surface area contributed by atoms with Crippen molar-refractivity contribution in [2.24, 2.45) is 0 Å². The molecule has 0 bridgehead atoms. The van der Waals surface area contributed by atoms with Gasteiger partial charge in [-0.25, -0.2) is 13.1 Å². The maximum Gasteiger partial charge on any atom is 0.241 e. The third kappa shape index (κ3) is 4.36. The monoisotopic (exact) mass is 423 g/mol. The Bertz CT molecular complexity index is 1100. The molecule has 1 fully saturated rings. The lowest BCUT2D eigenvalue weighted by Crippen LogP contribution is -2.36. The van der Waals surface area contributed by atoms with Crippen molar-refractivity contribution < 1.29 is 8.42 Å². The molecule has 0 unspecified atom stereocenters. The van der Waals surface area contributed by atoms with Gasteiger partial charge in [0.25, 0.3) is 0 Å². The van der Waals surface area contributed by atoms with Gasteiger partial charge in [0.05, 0.1) is 4.90 Å². The molecule has 30 heavy (non-hydrogen) atoms. The van der Waals surface area contributed by atoms with Crippen LogP contribution in [0.5, 0.6) is 0 Å². The zero-order valence-electron chi connectivity index (χ0n) is 17.6. The summed E-state index contributed by atoms with van der Waals surface area (Å²) < 4.78 is 29.3.